The second-order valence-electron chi connectivity index (χ2n) is 8.85. The van der Waals surface area contributed by atoms with E-state index in [4.69, 9.17) is 22.3 Å². The standard InChI is InChI=1S/C21H39N7O7/c1-10(2)15(19(33)28-16(11(3)4)20(34)35)27-18(32)13(7-8-14(29)30)26-17(31)12(22)6-5-9-25-21(23)24/h10-13,15-16H,5-9,22H2,1-4H3,(H,26,31)(H,27,32)(H,28,33)(H,29,30)(H,34,35)(H4,23,24,25). The molecule has 3 amide bonds. The van der Waals surface area contributed by atoms with Crippen LogP contribution in [0.25, 0.3) is 0 Å². The highest BCUT2D eigenvalue weighted by Gasteiger charge is 2.32. The van der Waals surface area contributed by atoms with Gasteiger partial charge in [-0.3, -0.25) is 24.2 Å². The lowest BCUT2D eigenvalue weighted by Gasteiger charge is -2.27. The molecule has 0 rings (SSSR count). The van der Waals surface area contributed by atoms with Gasteiger partial charge in [-0.25, -0.2) is 4.79 Å². The molecule has 0 fully saturated rings. The van der Waals surface area contributed by atoms with Gasteiger partial charge in [-0.1, -0.05) is 27.7 Å². The first-order valence-electron chi connectivity index (χ1n) is 11.3. The van der Waals surface area contributed by atoms with Crippen LogP contribution in [0.5, 0.6) is 0 Å². The molecule has 0 saturated carbocycles. The lowest BCUT2D eigenvalue weighted by atomic mass is 9.99. The predicted octanol–water partition coefficient (Wildman–Crippen LogP) is -1.92. The molecule has 0 aromatic carbocycles. The third-order valence-corrected chi connectivity index (χ3v) is 5.06. The normalized spacial score (nSPS) is 14.4. The van der Waals surface area contributed by atoms with E-state index >= 15 is 0 Å². The number of amides is 3. The number of aliphatic imine (C=N–C) groups is 1. The molecule has 4 atom stereocenters. The van der Waals surface area contributed by atoms with Crippen molar-refractivity contribution in [1.82, 2.24) is 16.0 Å². The van der Waals surface area contributed by atoms with E-state index in [-0.39, 0.29) is 25.3 Å². The Morgan fingerprint density at radius 1 is 0.800 bits per heavy atom. The van der Waals surface area contributed by atoms with Gasteiger partial charge >= 0.3 is 11.9 Å². The number of rotatable bonds is 16. The molecule has 4 unspecified atom stereocenters. The van der Waals surface area contributed by atoms with Gasteiger partial charge < -0.3 is 43.4 Å². The number of nitrogens with one attached hydrogen (secondary N) is 3. The number of guanidine groups is 1. The summed E-state index contributed by atoms with van der Waals surface area (Å²) in [5.74, 6) is -5.53. The Morgan fingerprint density at radius 2 is 1.34 bits per heavy atom. The number of nitrogens with two attached hydrogens (primary N) is 3. The fourth-order valence-electron chi connectivity index (χ4n) is 3.01. The second-order valence-corrected chi connectivity index (χ2v) is 8.85. The van der Waals surface area contributed by atoms with E-state index in [0.29, 0.717) is 6.42 Å². The van der Waals surface area contributed by atoms with Gasteiger partial charge in [0, 0.05) is 13.0 Å². The first-order chi connectivity index (χ1) is 16.2. The maximum absolute atomic E-state index is 12.9. The molecule has 0 aliphatic heterocycles. The lowest BCUT2D eigenvalue weighted by Crippen LogP contribution is -2.59. The van der Waals surface area contributed by atoms with Gasteiger partial charge in [-0.15, -0.1) is 0 Å². The highest BCUT2D eigenvalue weighted by atomic mass is 16.4. The van der Waals surface area contributed by atoms with Gasteiger partial charge in [-0.2, -0.15) is 0 Å². The van der Waals surface area contributed by atoms with Crippen LogP contribution in [0.1, 0.15) is 53.4 Å². The highest BCUT2D eigenvalue weighted by Crippen LogP contribution is 2.08. The number of hydrogen-bond donors (Lipinski definition) is 8. The average Bonchev–Trinajstić information content (AvgIpc) is 2.74. The summed E-state index contributed by atoms with van der Waals surface area (Å²) in [6, 6.07) is -4.58. The van der Waals surface area contributed by atoms with Crippen LogP contribution >= 0.6 is 0 Å². The van der Waals surface area contributed by atoms with Crippen LogP contribution in [-0.2, 0) is 24.0 Å². The SMILES string of the molecule is CC(C)C(NC(=O)C(NC(=O)C(CCC(=O)O)NC(=O)C(N)CCCN=C(N)N)C(C)C)C(=O)O. The van der Waals surface area contributed by atoms with Gasteiger partial charge in [0.15, 0.2) is 5.96 Å². The van der Waals surface area contributed by atoms with Crippen LogP contribution in [0.3, 0.4) is 0 Å². The van der Waals surface area contributed by atoms with E-state index in [0.717, 1.165) is 0 Å². The van der Waals surface area contributed by atoms with Crippen LogP contribution in [0.4, 0.5) is 0 Å². The molecule has 11 N–H and O–H groups in total. The zero-order valence-corrected chi connectivity index (χ0v) is 20.6. The van der Waals surface area contributed by atoms with E-state index in [2.05, 4.69) is 20.9 Å². The van der Waals surface area contributed by atoms with Crippen molar-refractivity contribution in [3.05, 3.63) is 0 Å². The smallest absolute Gasteiger partial charge is 0.326 e. The van der Waals surface area contributed by atoms with Crippen molar-refractivity contribution in [1.29, 1.82) is 0 Å². The van der Waals surface area contributed by atoms with E-state index in [1.165, 1.54) is 0 Å². The van der Waals surface area contributed by atoms with E-state index < -0.39 is 72.1 Å². The molecular weight excluding hydrogens is 462 g/mol. The molecule has 14 heteroatoms. The Balaban J connectivity index is 5.39. The van der Waals surface area contributed by atoms with Crippen LogP contribution in [0.15, 0.2) is 4.99 Å². The average molecular weight is 502 g/mol. The first-order valence-corrected chi connectivity index (χ1v) is 11.3. The van der Waals surface area contributed by atoms with Crippen molar-refractivity contribution >= 4 is 35.6 Å². The van der Waals surface area contributed by atoms with Crippen LogP contribution < -0.4 is 33.2 Å². The molecule has 200 valence electrons. The Hall–Kier alpha value is -3.42. The number of nitrogens with zero attached hydrogens (tertiary/aromatic N) is 1. The Labute approximate surface area is 204 Å². The van der Waals surface area contributed by atoms with Crippen LogP contribution in [0.2, 0.25) is 0 Å². The zero-order valence-electron chi connectivity index (χ0n) is 20.6. The molecule has 14 nitrogen and oxygen atoms in total. The molecule has 0 aromatic rings. The topological polar surface area (TPSA) is 252 Å². The Bertz CT molecular complexity index is 782. The number of carboxylic acid groups (broad SMARTS) is 2. The minimum atomic E-state index is -1.28. The fraction of sp³-hybridized carbons (Fsp3) is 0.714. The van der Waals surface area contributed by atoms with Gasteiger partial charge in [0.25, 0.3) is 0 Å². The number of carbonyl (C=O) groups is 5. The van der Waals surface area contributed by atoms with Crippen molar-refractivity contribution < 1.29 is 34.2 Å². The van der Waals surface area contributed by atoms with E-state index in [1.54, 1.807) is 27.7 Å². The minimum absolute atomic E-state index is 0.0970. The number of carboxylic acids is 2. The minimum Gasteiger partial charge on any atom is -0.481 e. The van der Waals surface area contributed by atoms with Crippen molar-refractivity contribution in [3.8, 4) is 0 Å². The summed E-state index contributed by atoms with van der Waals surface area (Å²) in [6.45, 7) is 6.80. The number of hydrogen-bond acceptors (Lipinski definition) is 7. The number of aliphatic carboxylic acids is 2. The largest absolute Gasteiger partial charge is 0.481 e. The second kappa shape index (κ2) is 15.5. The van der Waals surface area contributed by atoms with Crippen LogP contribution in [-0.4, -0.2) is 76.5 Å². The summed E-state index contributed by atoms with van der Waals surface area (Å²) in [4.78, 5) is 64.4. The first kappa shape index (κ1) is 31.6. The molecular formula is C21H39N7O7. The lowest BCUT2D eigenvalue weighted by molar-refractivity contribution is -0.143. The van der Waals surface area contributed by atoms with Crippen molar-refractivity contribution in [3.63, 3.8) is 0 Å². The summed E-state index contributed by atoms with van der Waals surface area (Å²) < 4.78 is 0. The van der Waals surface area contributed by atoms with Crippen LogP contribution in [0, 0.1) is 11.8 Å². The molecule has 0 aromatic heterocycles. The Morgan fingerprint density at radius 3 is 1.80 bits per heavy atom. The van der Waals surface area contributed by atoms with Gasteiger partial charge in [0.2, 0.25) is 17.7 Å². The van der Waals surface area contributed by atoms with E-state index in [1.807, 2.05) is 0 Å². The molecule has 0 heterocycles. The molecule has 0 saturated heterocycles. The number of carbonyl (C=O) groups excluding carboxylic acids is 3. The van der Waals surface area contributed by atoms with Gasteiger partial charge in [0.1, 0.15) is 18.1 Å². The maximum Gasteiger partial charge on any atom is 0.326 e. The molecule has 0 aliphatic carbocycles. The van der Waals surface area contributed by atoms with Crippen molar-refractivity contribution in [2.24, 2.45) is 34.0 Å². The quantitative estimate of drug-likeness (QED) is 0.0661. The Kier molecular flexibility index (Phi) is 14.0. The summed E-state index contributed by atoms with van der Waals surface area (Å²) >= 11 is 0. The predicted molar refractivity (Wildman–Crippen MR) is 128 cm³/mol. The third-order valence-electron chi connectivity index (χ3n) is 5.06. The molecule has 0 aliphatic rings. The molecule has 35 heavy (non-hydrogen) atoms. The summed E-state index contributed by atoms with van der Waals surface area (Å²) in [5.41, 5.74) is 16.3. The van der Waals surface area contributed by atoms with Crippen molar-refractivity contribution in [2.75, 3.05) is 6.54 Å². The van der Waals surface area contributed by atoms with Gasteiger partial charge in [0.05, 0.1) is 6.04 Å². The molecule has 0 spiro atoms. The molecule has 0 bridgehead atoms. The van der Waals surface area contributed by atoms with E-state index in [9.17, 15) is 29.1 Å². The monoisotopic (exact) mass is 501 g/mol. The zero-order chi connectivity index (χ0) is 27.3. The highest BCUT2D eigenvalue weighted by molar-refractivity contribution is 5.94. The van der Waals surface area contributed by atoms with Crippen molar-refractivity contribution in [2.45, 2.75) is 77.5 Å². The van der Waals surface area contributed by atoms with Gasteiger partial charge in [-0.05, 0) is 31.1 Å². The fourth-order valence-corrected chi connectivity index (χ4v) is 3.01. The maximum atomic E-state index is 12.9. The summed E-state index contributed by atoms with van der Waals surface area (Å²) in [6.07, 6.45) is -0.0672. The molecule has 0 radical (unpaired) electrons. The summed E-state index contributed by atoms with van der Waals surface area (Å²) in [7, 11) is 0. The summed E-state index contributed by atoms with van der Waals surface area (Å²) in [5, 5.41) is 25.7. The third kappa shape index (κ3) is 12.6.